The summed E-state index contributed by atoms with van der Waals surface area (Å²) in [5.74, 6) is 1.22. The van der Waals surface area contributed by atoms with Crippen molar-refractivity contribution in [1.29, 1.82) is 0 Å². The Morgan fingerprint density at radius 3 is 2.96 bits per heavy atom. The van der Waals surface area contributed by atoms with Crippen LogP contribution in [0.2, 0.25) is 0 Å². The molecule has 0 bridgehead atoms. The van der Waals surface area contributed by atoms with E-state index in [0.717, 1.165) is 16.5 Å². The third kappa shape index (κ3) is 3.34. The van der Waals surface area contributed by atoms with Crippen LogP contribution in [-0.2, 0) is 13.6 Å². The molecule has 24 heavy (non-hydrogen) atoms. The fourth-order valence-electron chi connectivity index (χ4n) is 2.52. The van der Waals surface area contributed by atoms with Gasteiger partial charge in [-0.3, -0.25) is 4.68 Å². The van der Waals surface area contributed by atoms with Crippen molar-refractivity contribution in [3.05, 3.63) is 47.9 Å². The number of hydrogen-bond donors (Lipinski definition) is 2. The summed E-state index contributed by atoms with van der Waals surface area (Å²) in [6.07, 6.45) is 1.81. The van der Waals surface area contributed by atoms with Gasteiger partial charge in [-0.05, 0) is 19.1 Å². The molecule has 3 aromatic rings. The Labute approximate surface area is 139 Å². The summed E-state index contributed by atoms with van der Waals surface area (Å²) in [5, 5.41) is 10.8. The van der Waals surface area contributed by atoms with Gasteiger partial charge in [-0.15, -0.1) is 5.10 Å². The lowest BCUT2D eigenvalue weighted by molar-refractivity contribution is 0.236. The molecule has 2 N–H and O–H groups in total. The van der Waals surface area contributed by atoms with Gasteiger partial charge in [-0.25, -0.2) is 4.79 Å². The zero-order chi connectivity index (χ0) is 17.1. The number of benzene rings is 1. The number of para-hydroxylation sites is 1. The minimum Gasteiger partial charge on any atom is -0.480 e. The molecule has 126 valence electrons. The molecule has 2 heterocycles. The van der Waals surface area contributed by atoms with Gasteiger partial charge in [-0.1, -0.05) is 18.2 Å². The van der Waals surface area contributed by atoms with Gasteiger partial charge < -0.3 is 19.8 Å². The molecule has 3 rings (SSSR count). The van der Waals surface area contributed by atoms with E-state index >= 15 is 0 Å². The number of urea groups is 1. The van der Waals surface area contributed by atoms with E-state index in [9.17, 15) is 4.79 Å². The van der Waals surface area contributed by atoms with Crippen LogP contribution in [0, 0.1) is 0 Å². The number of methoxy groups -OCH3 is 1. The normalized spacial score (nSPS) is 12.1. The molecule has 0 aliphatic carbocycles. The zero-order valence-corrected chi connectivity index (χ0v) is 13.9. The second-order valence-corrected chi connectivity index (χ2v) is 5.57. The summed E-state index contributed by atoms with van der Waals surface area (Å²) in [7, 11) is 3.35. The van der Waals surface area contributed by atoms with Crippen LogP contribution in [0.15, 0.2) is 40.9 Å². The van der Waals surface area contributed by atoms with Crippen LogP contribution < -0.4 is 15.4 Å². The summed E-state index contributed by atoms with van der Waals surface area (Å²) in [6, 6.07) is 9.16. The van der Waals surface area contributed by atoms with Crippen LogP contribution in [-0.4, -0.2) is 22.9 Å². The average molecular weight is 328 g/mol. The molecular weight excluding hydrogens is 308 g/mol. The Morgan fingerprint density at radius 1 is 1.42 bits per heavy atom. The number of nitrogens with zero attached hydrogens (tertiary/aromatic N) is 2. The number of carbonyl (C=O) groups excluding carboxylic acids is 1. The highest BCUT2D eigenvalue weighted by Crippen LogP contribution is 2.23. The first-order valence-corrected chi connectivity index (χ1v) is 7.66. The molecule has 0 saturated carbocycles. The standard InChI is InChI=1S/C17H20N4O3/c1-11(15-8-12-6-4-5-7-14(12)24-15)19-17(22)18-9-13-10-21(2)20-16(13)23-3/h4-8,10-11H,9H2,1-3H3,(H2,18,19,22)/t11-/m1/s1. The molecule has 0 spiro atoms. The Hall–Kier alpha value is -2.96. The minimum absolute atomic E-state index is 0.242. The molecule has 0 fully saturated rings. The molecule has 1 atom stereocenters. The third-order valence-corrected chi connectivity index (χ3v) is 3.72. The number of ether oxygens (including phenoxy) is 1. The smallest absolute Gasteiger partial charge is 0.315 e. The molecule has 2 amide bonds. The van der Waals surface area contributed by atoms with Gasteiger partial charge in [0.15, 0.2) is 0 Å². The van der Waals surface area contributed by atoms with Crippen LogP contribution in [0.1, 0.15) is 24.3 Å². The van der Waals surface area contributed by atoms with E-state index in [1.165, 1.54) is 0 Å². The van der Waals surface area contributed by atoms with Crippen molar-refractivity contribution in [3.8, 4) is 5.88 Å². The fourth-order valence-corrected chi connectivity index (χ4v) is 2.52. The van der Waals surface area contributed by atoms with E-state index in [1.54, 1.807) is 18.8 Å². The summed E-state index contributed by atoms with van der Waals surface area (Å²) in [4.78, 5) is 12.1. The number of fused-ring (bicyclic) bond motifs is 1. The molecule has 0 aliphatic heterocycles. The summed E-state index contributed by atoms with van der Waals surface area (Å²) in [6.45, 7) is 2.21. The number of rotatable bonds is 5. The van der Waals surface area contributed by atoms with Gasteiger partial charge in [0.25, 0.3) is 0 Å². The first kappa shape index (κ1) is 15.9. The lowest BCUT2D eigenvalue weighted by Gasteiger charge is -2.12. The van der Waals surface area contributed by atoms with Crippen molar-refractivity contribution >= 4 is 17.0 Å². The highest BCUT2D eigenvalue weighted by atomic mass is 16.5. The minimum atomic E-state index is -0.283. The van der Waals surface area contributed by atoms with Gasteiger partial charge in [0, 0.05) is 18.6 Å². The highest BCUT2D eigenvalue weighted by molar-refractivity contribution is 5.78. The number of aromatic nitrogens is 2. The predicted molar refractivity (Wildman–Crippen MR) is 89.8 cm³/mol. The van der Waals surface area contributed by atoms with Gasteiger partial charge in [0.2, 0.25) is 5.88 Å². The van der Waals surface area contributed by atoms with Crippen LogP contribution in [0.5, 0.6) is 5.88 Å². The zero-order valence-electron chi connectivity index (χ0n) is 13.9. The Morgan fingerprint density at radius 2 is 2.21 bits per heavy atom. The molecule has 0 aliphatic rings. The van der Waals surface area contributed by atoms with E-state index in [0.29, 0.717) is 18.2 Å². The lowest BCUT2D eigenvalue weighted by atomic mass is 10.2. The maximum Gasteiger partial charge on any atom is 0.315 e. The molecule has 0 radical (unpaired) electrons. The van der Waals surface area contributed by atoms with Crippen LogP contribution in [0.4, 0.5) is 4.79 Å². The van der Waals surface area contributed by atoms with Gasteiger partial charge in [0.05, 0.1) is 25.3 Å². The summed E-state index contributed by atoms with van der Waals surface area (Å²) in [5.41, 5.74) is 1.62. The first-order chi connectivity index (χ1) is 11.6. The van der Waals surface area contributed by atoms with Gasteiger partial charge >= 0.3 is 6.03 Å². The van der Waals surface area contributed by atoms with Crippen molar-refractivity contribution in [3.63, 3.8) is 0 Å². The SMILES string of the molecule is COc1nn(C)cc1CNC(=O)N[C@H](C)c1cc2ccccc2o1. The van der Waals surface area contributed by atoms with E-state index in [2.05, 4.69) is 15.7 Å². The number of amides is 2. The van der Waals surface area contributed by atoms with E-state index in [1.807, 2.05) is 43.5 Å². The number of hydrogen-bond acceptors (Lipinski definition) is 4. The highest BCUT2D eigenvalue weighted by Gasteiger charge is 2.15. The molecule has 2 aromatic heterocycles. The predicted octanol–water partition coefficient (Wildman–Crippen LogP) is 2.74. The van der Waals surface area contributed by atoms with E-state index < -0.39 is 0 Å². The average Bonchev–Trinajstić information content (AvgIpc) is 3.15. The summed E-state index contributed by atoms with van der Waals surface area (Å²) < 4.78 is 12.6. The molecule has 7 nitrogen and oxygen atoms in total. The van der Waals surface area contributed by atoms with Crippen molar-refractivity contribution in [2.45, 2.75) is 19.5 Å². The number of aryl methyl sites for hydroxylation is 1. The maximum atomic E-state index is 12.1. The Kier molecular flexibility index (Phi) is 4.41. The maximum absolute atomic E-state index is 12.1. The number of furan rings is 1. The fraction of sp³-hybridized carbons (Fsp3) is 0.294. The quantitative estimate of drug-likeness (QED) is 0.754. The van der Waals surface area contributed by atoms with Crippen LogP contribution in [0.25, 0.3) is 11.0 Å². The molecule has 7 heteroatoms. The molecule has 0 unspecified atom stereocenters. The second-order valence-electron chi connectivity index (χ2n) is 5.57. The van der Waals surface area contributed by atoms with Crippen LogP contribution >= 0.6 is 0 Å². The van der Waals surface area contributed by atoms with Crippen molar-refractivity contribution < 1.29 is 13.9 Å². The van der Waals surface area contributed by atoms with Crippen LogP contribution in [0.3, 0.4) is 0 Å². The largest absolute Gasteiger partial charge is 0.480 e. The molecular formula is C17H20N4O3. The van der Waals surface area contributed by atoms with E-state index in [4.69, 9.17) is 9.15 Å². The Balaban J connectivity index is 1.59. The van der Waals surface area contributed by atoms with Gasteiger partial charge in [0.1, 0.15) is 11.3 Å². The topological polar surface area (TPSA) is 81.3 Å². The van der Waals surface area contributed by atoms with Crippen molar-refractivity contribution in [1.82, 2.24) is 20.4 Å². The second kappa shape index (κ2) is 6.66. The van der Waals surface area contributed by atoms with Crippen molar-refractivity contribution in [2.75, 3.05) is 7.11 Å². The number of nitrogens with one attached hydrogen (secondary N) is 2. The lowest BCUT2D eigenvalue weighted by Crippen LogP contribution is -2.36. The summed E-state index contributed by atoms with van der Waals surface area (Å²) >= 11 is 0. The molecule has 1 aromatic carbocycles. The Bertz CT molecular complexity index is 820. The molecule has 0 saturated heterocycles. The third-order valence-electron chi connectivity index (χ3n) is 3.72. The first-order valence-electron chi connectivity index (χ1n) is 7.66. The number of carbonyl (C=O) groups is 1. The monoisotopic (exact) mass is 328 g/mol. The van der Waals surface area contributed by atoms with Gasteiger partial charge in [-0.2, -0.15) is 0 Å². The van der Waals surface area contributed by atoms with E-state index in [-0.39, 0.29) is 12.1 Å². The van der Waals surface area contributed by atoms with Crippen molar-refractivity contribution in [2.24, 2.45) is 7.05 Å².